The van der Waals surface area contributed by atoms with E-state index in [1.165, 1.54) is 16.0 Å². The Kier molecular flexibility index (Phi) is 6.91. The van der Waals surface area contributed by atoms with Crippen molar-refractivity contribution in [3.8, 4) is 5.88 Å². The van der Waals surface area contributed by atoms with Crippen LogP contribution in [0.1, 0.15) is 47.0 Å². The van der Waals surface area contributed by atoms with Gasteiger partial charge in [0.05, 0.1) is 17.8 Å². The molecule has 39 heavy (non-hydrogen) atoms. The second kappa shape index (κ2) is 9.81. The molecule has 2 aromatic rings. The van der Waals surface area contributed by atoms with Gasteiger partial charge in [-0.1, -0.05) is 11.6 Å². The maximum atomic E-state index is 15.4. The predicted molar refractivity (Wildman–Crippen MR) is 144 cm³/mol. The summed E-state index contributed by atoms with van der Waals surface area (Å²) in [5.41, 5.74) is 5.79. The molecule has 3 saturated heterocycles. The normalized spacial score (nSPS) is 25.5. The molecule has 6 rings (SSSR count). The van der Waals surface area contributed by atoms with Gasteiger partial charge in [-0.25, -0.2) is 23.9 Å². The first kappa shape index (κ1) is 27.4. The number of carboxylic acid groups (broad SMARTS) is 1. The third-order valence-electron chi connectivity index (χ3n) is 7.95. The van der Waals surface area contributed by atoms with Gasteiger partial charge in [-0.05, 0) is 60.5 Å². The quantitative estimate of drug-likeness (QED) is 0.508. The number of fused-ring (bicyclic) bond motifs is 2. The van der Waals surface area contributed by atoms with Gasteiger partial charge in [0.25, 0.3) is 0 Å². The number of anilines is 2. The zero-order chi connectivity index (χ0) is 28.4. The lowest BCUT2D eigenvalue weighted by molar-refractivity contribution is 0.0517. The van der Waals surface area contributed by atoms with Gasteiger partial charge in [0, 0.05) is 30.1 Å². The molecular formula is C26H34ClFN6O5. The summed E-state index contributed by atoms with van der Waals surface area (Å²) >= 11 is 6.02. The molecule has 1 aliphatic carbocycles. The van der Waals surface area contributed by atoms with Crippen LogP contribution in [0.3, 0.4) is 0 Å². The SMILES string of the molecule is C[C@H](Oc1nc2c(F)c(Cl)ncc2c(N(C(=O)OC(C)(C)C)[C@H]2[C@@H]3C[C@H]2N(C(=O)O)C3)c1N)C1CCCN1C. The largest absolute Gasteiger partial charge is 0.471 e. The van der Waals surface area contributed by atoms with E-state index in [-0.39, 0.29) is 57.9 Å². The van der Waals surface area contributed by atoms with Crippen LogP contribution in [0.5, 0.6) is 5.88 Å². The molecule has 0 spiro atoms. The standard InChI is InChI=1S/C26H34ClFN6O5/c1-12(15-7-6-8-32(15)5)38-23-18(29)21(14-10-30-22(27)17(28)19(14)31-23)34(25(37)39-26(2,3)4)20-13-9-16(20)33(11-13)24(35)36/h10,12-13,15-16,20H,6-9,11,29H2,1-5H3,(H,35,36)/t12-,13+,15?,16+,20-/m0/s1. The van der Waals surface area contributed by atoms with Crippen LogP contribution in [0.4, 0.5) is 25.4 Å². The molecule has 5 heterocycles. The maximum Gasteiger partial charge on any atom is 0.415 e. The van der Waals surface area contributed by atoms with Crippen molar-refractivity contribution in [3.05, 3.63) is 17.2 Å². The molecule has 11 nitrogen and oxygen atoms in total. The van der Waals surface area contributed by atoms with E-state index in [1.54, 1.807) is 20.8 Å². The molecule has 5 atom stereocenters. The third kappa shape index (κ3) is 4.77. The molecule has 0 radical (unpaired) electrons. The highest BCUT2D eigenvalue weighted by Crippen LogP contribution is 2.50. The number of ether oxygens (including phenoxy) is 2. The fourth-order valence-electron chi connectivity index (χ4n) is 6.14. The van der Waals surface area contributed by atoms with Crippen LogP contribution in [0.15, 0.2) is 6.20 Å². The first-order valence-corrected chi connectivity index (χ1v) is 13.5. The highest BCUT2D eigenvalue weighted by atomic mass is 35.5. The summed E-state index contributed by atoms with van der Waals surface area (Å²) in [6.07, 6.45) is 1.69. The van der Waals surface area contributed by atoms with E-state index in [4.69, 9.17) is 26.8 Å². The number of nitrogen functional groups attached to an aromatic ring is 1. The summed E-state index contributed by atoms with van der Waals surface area (Å²) in [6, 6.07) is -0.943. The van der Waals surface area contributed by atoms with Crippen LogP contribution >= 0.6 is 11.6 Å². The van der Waals surface area contributed by atoms with Gasteiger partial charge in [-0.15, -0.1) is 0 Å². The van der Waals surface area contributed by atoms with Crippen molar-refractivity contribution in [1.82, 2.24) is 19.8 Å². The molecular weight excluding hydrogens is 531 g/mol. The van der Waals surface area contributed by atoms with E-state index in [9.17, 15) is 14.7 Å². The van der Waals surface area contributed by atoms with Crippen molar-refractivity contribution < 1.29 is 28.6 Å². The average Bonchev–Trinajstić information content (AvgIpc) is 3.55. The van der Waals surface area contributed by atoms with E-state index in [0.717, 1.165) is 19.4 Å². The Labute approximate surface area is 231 Å². The van der Waals surface area contributed by atoms with Crippen LogP contribution in [0.25, 0.3) is 10.9 Å². The Hall–Kier alpha value is -3.12. The van der Waals surface area contributed by atoms with Gasteiger partial charge >= 0.3 is 12.2 Å². The van der Waals surface area contributed by atoms with Crippen LogP contribution in [0.2, 0.25) is 5.15 Å². The van der Waals surface area contributed by atoms with Gasteiger partial charge in [0.2, 0.25) is 5.88 Å². The molecule has 2 amide bonds. The summed E-state index contributed by atoms with van der Waals surface area (Å²) in [4.78, 5) is 38.9. The second-order valence-corrected chi connectivity index (χ2v) is 12.0. The van der Waals surface area contributed by atoms with Crippen molar-refractivity contribution in [2.75, 3.05) is 30.8 Å². The summed E-state index contributed by atoms with van der Waals surface area (Å²) < 4.78 is 27.4. The Bertz CT molecular complexity index is 1320. The topological polar surface area (TPSA) is 134 Å². The Morgan fingerprint density at radius 2 is 2.08 bits per heavy atom. The summed E-state index contributed by atoms with van der Waals surface area (Å²) in [5.74, 6) is -1.07. The van der Waals surface area contributed by atoms with Gasteiger partial charge in [-0.2, -0.15) is 0 Å². The van der Waals surface area contributed by atoms with Crippen molar-refractivity contribution in [2.24, 2.45) is 5.92 Å². The number of nitrogens with zero attached hydrogens (tertiary/aromatic N) is 5. The monoisotopic (exact) mass is 564 g/mol. The number of carbonyl (C=O) groups excluding carboxylic acids is 1. The number of hydrogen-bond acceptors (Lipinski definition) is 8. The lowest BCUT2D eigenvalue weighted by atomic mass is 9.78. The number of pyridine rings is 2. The molecule has 1 saturated carbocycles. The van der Waals surface area contributed by atoms with Crippen molar-refractivity contribution in [2.45, 2.75) is 76.8 Å². The number of rotatable bonds is 5. The zero-order valence-electron chi connectivity index (χ0n) is 22.6. The molecule has 3 N–H and O–H groups in total. The fraction of sp³-hybridized carbons (Fsp3) is 0.615. The Morgan fingerprint density at radius 3 is 2.67 bits per heavy atom. The fourth-order valence-corrected chi connectivity index (χ4v) is 6.28. The van der Waals surface area contributed by atoms with Crippen LogP contribution < -0.4 is 15.4 Å². The number of amides is 2. The number of nitrogens with two attached hydrogens (primary N) is 1. The Morgan fingerprint density at radius 1 is 1.36 bits per heavy atom. The lowest BCUT2D eigenvalue weighted by Crippen LogP contribution is -2.58. The van der Waals surface area contributed by atoms with Crippen LogP contribution in [-0.4, -0.2) is 87.0 Å². The lowest BCUT2D eigenvalue weighted by Gasteiger charge is -2.44. The molecule has 4 aliphatic rings. The first-order chi connectivity index (χ1) is 18.3. The molecule has 0 aromatic carbocycles. The van der Waals surface area contributed by atoms with Gasteiger partial charge < -0.3 is 25.2 Å². The van der Waals surface area contributed by atoms with Crippen molar-refractivity contribution in [1.29, 1.82) is 0 Å². The Balaban J connectivity index is 1.67. The number of halogens is 2. The number of carbonyl (C=O) groups is 2. The van der Waals surface area contributed by atoms with Crippen LogP contribution in [0, 0.1) is 11.7 Å². The molecule has 2 bridgehead atoms. The minimum absolute atomic E-state index is 0.0116. The molecule has 212 valence electrons. The second-order valence-electron chi connectivity index (χ2n) is 11.7. The minimum atomic E-state index is -1.07. The highest BCUT2D eigenvalue weighted by molar-refractivity contribution is 6.30. The first-order valence-electron chi connectivity index (χ1n) is 13.1. The third-order valence-corrected chi connectivity index (χ3v) is 8.21. The summed E-state index contributed by atoms with van der Waals surface area (Å²) in [7, 11) is 2.01. The van der Waals surface area contributed by atoms with Gasteiger partial charge in [0.15, 0.2) is 11.0 Å². The van der Waals surface area contributed by atoms with E-state index in [2.05, 4.69) is 14.9 Å². The smallest absolute Gasteiger partial charge is 0.415 e. The van der Waals surface area contributed by atoms with Gasteiger partial charge in [0.1, 0.15) is 22.9 Å². The number of hydrogen-bond donors (Lipinski definition) is 2. The molecule has 1 unspecified atom stereocenters. The van der Waals surface area contributed by atoms with E-state index >= 15 is 4.39 Å². The number of aromatic nitrogens is 2. The highest BCUT2D eigenvalue weighted by Gasteiger charge is 2.58. The number of likely N-dealkylation sites (tertiary alicyclic amines) is 1. The van der Waals surface area contributed by atoms with E-state index in [0.29, 0.717) is 6.42 Å². The molecule has 13 heteroatoms. The number of likely N-dealkylation sites (N-methyl/N-ethyl adjacent to an activating group) is 1. The molecule has 3 aliphatic heterocycles. The molecule has 2 aromatic heterocycles. The zero-order valence-corrected chi connectivity index (χ0v) is 23.4. The predicted octanol–water partition coefficient (Wildman–Crippen LogP) is 4.36. The summed E-state index contributed by atoms with van der Waals surface area (Å²) in [5, 5.41) is 9.49. The minimum Gasteiger partial charge on any atom is -0.471 e. The summed E-state index contributed by atoms with van der Waals surface area (Å²) in [6.45, 7) is 8.27. The van der Waals surface area contributed by atoms with E-state index < -0.39 is 35.7 Å². The van der Waals surface area contributed by atoms with Crippen molar-refractivity contribution >= 4 is 46.1 Å². The van der Waals surface area contributed by atoms with Crippen LogP contribution in [-0.2, 0) is 4.74 Å². The maximum absolute atomic E-state index is 15.4. The average molecular weight is 565 g/mol. The van der Waals surface area contributed by atoms with Gasteiger partial charge in [-0.3, -0.25) is 9.80 Å². The van der Waals surface area contributed by atoms with Crippen molar-refractivity contribution in [3.63, 3.8) is 0 Å². The van der Waals surface area contributed by atoms with E-state index in [1.807, 2.05) is 14.0 Å². The molecule has 4 fully saturated rings.